The summed E-state index contributed by atoms with van der Waals surface area (Å²) in [6.07, 6.45) is 1.39. The molecule has 0 aliphatic heterocycles. The van der Waals surface area contributed by atoms with Crippen LogP contribution in [0.4, 0.5) is 5.82 Å². The topological polar surface area (TPSA) is 157 Å². The molecule has 0 saturated carbocycles. The van der Waals surface area contributed by atoms with Crippen LogP contribution in [-0.4, -0.2) is 42.5 Å². The minimum atomic E-state index is -0.565. The number of anilines is 1. The van der Waals surface area contributed by atoms with E-state index in [4.69, 9.17) is 5.73 Å². The van der Waals surface area contributed by atoms with Crippen molar-refractivity contribution in [3.8, 4) is 11.6 Å². The van der Waals surface area contributed by atoms with Gasteiger partial charge < -0.3 is 10.8 Å². The second-order valence-corrected chi connectivity index (χ2v) is 4.70. The Morgan fingerprint density at radius 3 is 3.00 bits per heavy atom. The van der Waals surface area contributed by atoms with Crippen LogP contribution in [0.25, 0.3) is 5.82 Å². The first kappa shape index (κ1) is 15.1. The number of hydrogen-bond donors (Lipinski definition) is 3. The number of phenolic OH excluding ortho intramolecular Hbond substituents is 1. The molecule has 24 heavy (non-hydrogen) atoms. The van der Waals surface area contributed by atoms with Crippen molar-refractivity contribution in [3.63, 3.8) is 0 Å². The first-order valence-corrected chi connectivity index (χ1v) is 6.69. The summed E-state index contributed by atoms with van der Waals surface area (Å²) in [5, 5.41) is 27.8. The van der Waals surface area contributed by atoms with E-state index < -0.39 is 5.91 Å². The van der Waals surface area contributed by atoms with Crippen LogP contribution in [0.15, 0.2) is 34.0 Å². The van der Waals surface area contributed by atoms with E-state index in [1.54, 1.807) is 19.1 Å². The Hall–Kier alpha value is -3.76. The zero-order valence-corrected chi connectivity index (χ0v) is 12.4. The molecule has 0 atom stereocenters. The normalized spacial score (nSPS) is 11.0. The molecule has 1 amide bonds. The molecule has 11 nitrogen and oxygen atoms in total. The van der Waals surface area contributed by atoms with E-state index in [1.807, 2.05) is 0 Å². The highest BCUT2D eigenvalue weighted by Gasteiger charge is 2.20. The summed E-state index contributed by atoms with van der Waals surface area (Å²) >= 11 is 0. The van der Waals surface area contributed by atoms with E-state index in [2.05, 4.69) is 35.8 Å². The predicted octanol–water partition coefficient (Wildman–Crippen LogP) is 0.0104. The number of hydrazone groups is 1. The number of nitrogen functional groups attached to an aromatic ring is 1. The molecular weight excluding hydrogens is 316 g/mol. The number of hydrogen-bond acceptors (Lipinski definition) is 9. The molecule has 1 aromatic carbocycles. The largest absolute Gasteiger partial charge is 0.508 e. The van der Waals surface area contributed by atoms with Gasteiger partial charge in [-0.25, -0.2) is 10.1 Å². The monoisotopic (exact) mass is 328 g/mol. The number of aromatic nitrogens is 5. The van der Waals surface area contributed by atoms with Gasteiger partial charge in [0.1, 0.15) is 5.75 Å². The van der Waals surface area contributed by atoms with Gasteiger partial charge in [0.2, 0.25) is 11.6 Å². The summed E-state index contributed by atoms with van der Waals surface area (Å²) in [6.45, 7) is 1.61. The fraction of sp³-hybridized carbons (Fsp3) is 0.0769. The van der Waals surface area contributed by atoms with Crippen molar-refractivity contribution in [2.24, 2.45) is 5.10 Å². The Balaban J connectivity index is 1.74. The van der Waals surface area contributed by atoms with E-state index in [0.717, 1.165) is 0 Å². The number of aromatic hydroxyl groups is 1. The third-order valence-corrected chi connectivity index (χ3v) is 3.06. The van der Waals surface area contributed by atoms with Crippen molar-refractivity contribution < 1.29 is 14.5 Å². The van der Waals surface area contributed by atoms with Crippen molar-refractivity contribution in [2.45, 2.75) is 6.92 Å². The maximum Gasteiger partial charge on any atom is 0.293 e. The lowest BCUT2D eigenvalue weighted by Gasteiger charge is -1.99. The van der Waals surface area contributed by atoms with Crippen LogP contribution < -0.4 is 11.2 Å². The second-order valence-electron chi connectivity index (χ2n) is 4.70. The highest BCUT2D eigenvalue weighted by molar-refractivity contribution is 5.94. The zero-order chi connectivity index (χ0) is 17.1. The van der Waals surface area contributed by atoms with Crippen LogP contribution in [0.2, 0.25) is 0 Å². The molecule has 4 N–H and O–H groups in total. The van der Waals surface area contributed by atoms with Crippen LogP contribution in [0.1, 0.15) is 21.7 Å². The second kappa shape index (κ2) is 6.16. The van der Waals surface area contributed by atoms with E-state index in [9.17, 15) is 9.90 Å². The molecule has 0 unspecified atom stereocenters. The summed E-state index contributed by atoms with van der Waals surface area (Å²) < 4.78 is 5.73. The number of nitrogens with one attached hydrogen (secondary N) is 1. The van der Waals surface area contributed by atoms with Gasteiger partial charge in [0.25, 0.3) is 5.91 Å². The number of carbonyl (C=O) groups is 1. The number of rotatable bonds is 4. The van der Waals surface area contributed by atoms with Crippen molar-refractivity contribution in [3.05, 3.63) is 41.2 Å². The number of phenols is 1. The molecule has 0 fully saturated rings. The molecule has 2 heterocycles. The number of carbonyl (C=O) groups excluding carboxylic acids is 1. The summed E-state index contributed by atoms with van der Waals surface area (Å²) in [4.78, 5) is 12.1. The standard InChI is InChI=1S/C13H12N8O3/c1-7-10(16-20-21(7)12-11(14)18-24-19-12)13(23)17-15-6-8-3-2-4-9(22)5-8/h2-6,22H,1H3,(H2,14,18)(H,17,23). The molecule has 122 valence electrons. The highest BCUT2D eigenvalue weighted by atomic mass is 16.6. The van der Waals surface area contributed by atoms with Gasteiger partial charge in [-0.3, -0.25) is 4.79 Å². The van der Waals surface area contributed by atoms with Gasteiger partial charge in [-0.2, -0.15) is 9.78 Å². The molecule has 0 saturated heterocycles. The third-order valence-electron chi connectivity index (χ3n) is 3.06. The minimum Gasteiger partial charge on any atom is -0.508 e. The molecule has 3 aromatic rings. The lowest BCUT2D eigenvalue weighted by atomic mass is 10.2. The SMILES string of the molecule is Cc1c(C(=O)NN=Cc2cccc(O)c2)nnn1-c1nonc1N. The summed E-state index contributed by atoms with van der Waals surface area (Å²) in [5.74, 6) is -0.299. The van der Waals surface area contributed by atoms with Crippen molar-refractivity contribution in [2.75, 3.05) is 5.73 Å². The van der Waals surface area contributed by atoms with Crippen molar-refractivity contribution in [1.82, 2.24) is 30.7 Å². The van der Waals surface area contributed by atoms with Gasteiger partial charge in [0.05, 0.1) is 11.9 Å². The molecule has 0 spiro atoms. The van der Waals surface area contributed by atoms with Crippen LogP contribution in [-0.2, 0) is 0 Å². The molecule has 0 bridgehead atoms. The quantitative estimate of drug-likeness (QED) is 0.446. The van der Waals surface area contributed by atoms with E-state index in [0.29, 0.717) is 11.3 Å². The molecule has 0 aliphatic rings. The fourth-order valence-electron chi connectivity index (χ4n) is 1.90. The van der Waals surface area contributed by atoms with Crippen LogP contribution in [0, 0.1) is 6.92 Å². The maximum absolute atomic E-state index is 12.1. The smallest absolute Gasteiger partial charge is 0.293 e. The van der Waals surface area contributed by atoms with Crippen LogP contribution >= 0.6 is 0 Å². The third kappa shape index (κ3) is 2.90. The minimum absolute atomic E-state index is 0.0249. The average Bonchev–Trinajstić information content (AvgIpc) is 3.13. The predicted molar refractivity (Wildman–Crippen MR) is 81.5 cm³/mol. The first-order chi connectivity index (χ1) is 11.6. The van der Waals surface area contributed by atoms with Gasteiger partial charge in [0, 0.05) is 0 Å². The lowest BCUT2D eigenvalue weighted by molar-refractivity contribution is 0.0949. The summed E-state index contributed by atoms with van der Waals surface area (Å²) in [6, 6.07) is 6.40. The average molecular weight is 328 g/mol. The Labute approximate surface area is 134 Å². The van der Waals surface area contributed by atoms with Crippen molar-refractivity contribution in [1.29, 1.82) is 0 Å². The van der Waals surface area contributed by atoms with E-state index in [1.165, 1.54) is 23.0 Å². The van der Waals surface area contributed by atoms with Gasteiger partial charge in [-0.05, 0) is 34.9 Å². The molecule has 11 heteroatoms. The van der Waals surface area contributed by atoms with Gasteiger partial charge in [-0.1, -0.05) is 17.3 Å². The molecule has 3 rings (SSSR count). The van der Waals surface area contributed by atoms with Gasteiger partial charge in [-0.15, -0.1) is 5.10 Å². The molecule has 0 aliphatic carbocycles. The Kier molecular flexibility index (Phi) is 3.89. The van der Waals surface area contributed by atoms with Gasteiger partial charge in [0.15, 0.2) is 5.69 Å². The highest BCUT2D eigenvalue weighted by Crippen LogP contribution is 2.14. The van der Waals surface area contributed by atoms with E-state index in [-0.39, 0.29) is 23.1 Å². The Bertz CT molecular complexity index is 914. The number of amides is 1. The van der Waals surface area contributed by atoms with Crippen LogP contribution in [0.5, 0.6) is 5.75 Å². The fourth-order valence-corrected chi connectivity index (χ4v) is 1.90. The molecule has 0 radical (unpaired) electrons. The molecular formula is C13H12N8O3. The zero-order valence-electron chi connectivity index (χ0n) is 12.4. The lowest BCUT2D eigenvalue weighted by Crippen LogP contribution is -2.19. The summed E-state index contributed by atoms with van der Waals surface area (Å²) in [5.41, 5.74) is 8.97. The first-order valence-electron chi connectivity index (χ1n) is 6.69. The maximum atomic E-state index is 12.1. The molecule has 2 aromatic heterocycles. The Morgan fingerprint density at radius 1 is 1.46 bits per heavy atom. The number of benzene rings is 1. The van der Waals surface area contributed by atoms with Crippen LogP contribution in [0.3, 0.4) is 0 Å². The van der Waals surface area contributed by atoms with Crippen molar-refractivity contribution >= 4 is 17.9 Å². The Morgan fingerprint density at radius 2 is 2.29 bits per heavy atom. The van der Waals surface area contributed by atoms with E-state index >= 15 is 0 Å². The van der Waals surface area contributed by atoms with Gasteiger partial charge >= 0.3 is 0 Å². The number of nitrogens with zero attached hydrogens (tertiary/aromatic N) is 6. The summed E-state index contributed by atoms with van der Waals surface area (Å²) in [7, 11) is 0. The number of nitrogens with two attached hydrogens (primary N) is 1.